The molecule has 6 heteroatoms. The molecule has 0 unspecified atom stereocenters. The summed E-state index contributed by atoms with van der Waals surface area (Å²) in [6.07, 6.45) is 1.36. The van der Waals surface area contributed by atoms with Gasteiger partial charge in [0.05, 0.1) is 11.9 Å². The Morgan fingerprint density at radius 1 is 1.29 bits per heavy atom. The molecule has 0 fully saturated rings. The van der Waals surface area contributed by atoms with Gasteiger partial charge in [-0.05, 0) is 30.2 Å². The van der Waals surface area contributed by atoms with Crippen LogP contribution in [0.1, 0.15) is 5.56 Å². The molecule has 88 valence electrons. The molecule has 1 aromatic heterocycles. The zero-order valence-electron chi connectivity index (χ0n) is 8.84. The Kier molecular flexibility index (Phi) is 3.45. The minimum Gasteiger partial charge on any atom is -0.336 e. The lowest BCUT2D eigenvalue weighted by Gasteiger charge is -2.10. The van der Waals surface area contributed by atoms with Crippen LogP contribution in [0, 0.1) is 12.7 Å². The van der Waals surface area contributed by atoms with E-state index in [-0.39, 0.29) is 21.9 Å². The summed E-state index contributed by atoms with van der Waals surface area (Å²) < 4.78 is 13.6. The molecule has 3 nitrogen and oxygen atoms in total. The second-order valence-electron chi connectivity index (χ2n) is 3.39. The molecule has 1 aromatic carbocycles. The topological polar surface area (TPSA) is 37.8 Å². The van der Waals surface area contributed by atoms with Crippen LogP contribution < -0.4 is 5.32 Å². The molecule has 0 aliphatic heterocycles. The average molecular weight is 272 g/mol. The van der Waals surface area contributed by atoms with Crippen LogP contribution in [0.3, 0.4) is 0 Å². The molecule has 17 heavy (non-hydrogen) atoms. The molecule has 1 heterocycles. The van der Waals surface area contributed by atoms with Gasteiger partial charge in [-0.1, -0.05) is 23.7 Å². The zero-order valence-corrected chi connectivity index (χ0v) is 10.3. The fourth-order valence-corrected chi connectivity index (χ4v) is 1.61. The average Bonchev–Trinajstić information content (AvgIpc) is 2.28. The first-order valence-corrected chi connectivity index (χ1v) is 5.53. The Morgan fingerprint density at radius 2 is 2.06 bits per heavy atom. The van der Waals surface area contributed by atoms with Crippen molar-refractivity contribution in [2.75, 3.05) is 5.32 Å². The van der Waals surface area contributed by atoms with Crippen LogP contribution in [0.5, 0.6) is 0 Å². The Morgan fingerprint density at radius 3 is 2.76 bits per heavy atom. The molecule has 0 atom stereocenters. The van der Waals surface area contributed by atoms with Gasteiger partial charge in [0.15, 0.2) is 5.82 Å². The molecule has 2 aromatic rings. The molecule has 0 radical (unpaired) electrons. The van der Waals surface area contributed by atoms with Gasteiger partial charge < -0.3 is 5.32 Å². The Bertz CT molecular complexity index is 540. The monoisotopic (exact) mass is 271 g/mol. The van der Waals surface area contributed by atoms with Crippen molar-refractivity contribution in [2.45, 2.75) is 6.92 Å². The first kappa shape index (κ1) is 12.1. The summed E-state index contributed by atoms with van der Waals surface area (Å²) in [5.41, 5.74) is 1.07. The van der Waals surface area contributed by atoms with E-state index < -0.39 is 0 Å². The smallest absolute Gasteiger partial charge is 0.224 e. The molecule has 2 rings (SSSR count). The standard InChI is InChI=1S/C11H8Cl2FN3/c1-6-3-2-4-8(14)9(6)16-10-7(12)5-15-11(13)17-10/h2-5H,1H3,(H,15,16,17). The van der Waals surface area contributed by atoms with E-state index in [2.05, 4.69) is 15.3 Å². The van der Waals surface area contributed by atoms with Crippen LogP contribution in [-0.2, 0) is 0 Å². The highest BCUT2D eigenvalue weighted by molar-refractivity contribution is 6.33. The van der Waals surface area contributed by atoms with Crippen LogP contribution in [0.4, 0.5) is 15.9 Å². The highest BCUT2D eigenvalue weighted by Crippen LogP contribution is 2.27. The molecule has 0 aliphatic rings. The number of hydrogen-bond donors (Lipinski definition) is 1. The van der Waals surface area contributed by atoms with Gasteiger partial charge in [0.25, 0.3) is 0 Å². The van der Waals surface area contributed by atoms with Gasteiger partial charge in [-0.15, -0.1) is 0 Å². The predicted molar refractivity (Wildman–Crippen MR) is 66.5 cm³/mol. The van der Waals surface area contributed by atoms with Gasteiger partial charge in [-0.25, -0.2) is 9.37 Å². The third-order valence-electron chi connectivity index (χ3n) is 2.18. The summed E-state index contributed by atoms with van der Waals surface area (Å²) in [6, 6.07) is 4.76. The minimum atomic E-state index is -0.379. The maximum atomic E-state index is 13.6. The zero-order chi connectivity index (χ0) is 12.4. The van der Waals surface area contributed by atoms with Crippen molar-refractivity contribution in [3.05, 3.63) is 46.1 Å². The SMILES string of the molecule is Cc1cccc(F)c1Nc1nc(Cl)ncc1Cl. The first-order chi connectivity index (χ1) is 8.08. The van der Waals surface area contributed by atoms with Crippen LogP contribution in [0.15, 0.2) is 24.4 Å². The fraction of sp³-hybridized carbons (Fsp3) is 0.0909. The molecule has 0 spiro atoms. The number of aryl methyl sites for hydroxylation is 1. The van der Waals surface area contributed by atoms with Crippen LogP contribution in [0.2, 0.25) is 10.3 Å². The normalized spacial score (nSPS) is 10.4. The lowest BCUT2D eigenvalue weighted by Crippen LogP contribution is -2.00. The molecule has 0 aliphatic carbocycles. The van der Waals surface area contributed by atoms with E-state index in [4.69, 9.17) is 23.2 Å². The van der Waals surface area contributed by atoms with E-state index in [9.17, 15) is 4.39 Å². The second-order valence-corrected chi connectivity index (χ2v) is 4.14. The number of aromatic nitrogens is 2. The van der Waals surface area contributed by atoms with Crippen LogP contribution >= 0.6 is 23.2 Å². The number of halogens is 3. The van der Waals surface area contributed by atoms with Gasteiger partial charge in [0.1, 0.15) is 10.8 Å². The largest absolute Gasteiger partial charge is 0.336 e. The summed E-state index contributed by atoms with van der Waals surface area (Å²) in [5, 5.41) is 3.13. The van der Waals surface area contributed by atoms with Gasteiger partial charge in [0.2, 0.25) is 5.28 Å². The maximum absolute atomic E-state index is 13.6. The van der Waals surface area contributed by atoms with Gasteiger partial charge in [0, 0.05) is 0 Å². The third kappa shape index (κ3) is 2.65. The summed E-state index contributed by atoms with van der Waals surface area (Å²) in [7, 11) is 0. The second kappa shape index (κ2) is 4.85. The van der Waals surface area contributed by atoms with Crippen molar-refractivity contribution in [2.24, 2.45) is 0 Å². The fourth-order valence-electron chi connectivity index (χ4n) is 1.34. The number of nitrogens with zero attached hydrogens (tertiary/aromatic N) is 2. The van der Waals surface area contributed by atoms with Crippen LogP contribution in [-0.4, -0.2) is 9.97 Å². The number of para-hydroxylation sites is 1. The van der Waals surface area contributed by atoms with Crippen molar-refractivity contribution in [1.82, 2.24) is 9.97 Å². The lowest BCUT2D eigenvalue weighted by atomic mass is 10.2. The molecule has 0 saturated carbocycles. The molecule has 0 saturated heterocycles. The maximum Gasteiger partial charge on any atom is 0.224 e. The van der Waals surface area contributed by atoms with Gasteiger partial charge in [-0.3, -0.25) is 0 Å². The summed E-state index contributed by atoms with van der Waals surface area (Å²) in [4.78, 5) is 7.61. The quantitative estimate of drug-likeness (QED) is 0.840. The molecule has 0 bridgehead atoms. The van der Waals surface area contributed by atoms with Gasteiger partial charge in [-0.2, -0.15) is 4.98 Å². The van der Waals surface area contributed by atoms with Crippen molar-refractivity contribution < 1.29 is 4.39 Å². The number of benzene rings is 1. The van der Waals surface area contributed by atoms with Crippen molar-refractivity contribution in [1.29, 1.82) is 0 Å². The minimum absolute atomic E-state index is 0.0471. The molecular formula is C11H8Cl2FN3. The van der Waals surface area contributed by atoms with Gasteiger partial charge >= 0.3 is 0 Å². The summed E-state index contributed by atoms with van der Waals surface area (Å²) >= 11 is 11.5. The van der Waals surface area contributed by atoms with E-state index in [0.717, 1.165) is 5.56 Å². The van der Waals surface area contributed by atoms with E-state index in [1.807, 2.05) is 0 Å². The van der Waals surface area contributed by atoms with E-state index in [1.54, 1.807) is 19.1 Å². The van der Waals surface area contributed by atoms with E-state index >= 15 is 0 Å². The molecule has 1 N–H and O–H groups in total. The summed E-state index contributed by atoms with van der Waals surface area (Å²) in [5.74, 6) is -0.101. The predicted octanol–water partition coefficient (Wildman–Crippen LogP) is 3.97. The van der Waals surface area contributed by atoms with Crippen molar-refractivity contribution >= 4 is 34.7 Å². The number of hydrogen-bond acceptors (Lipinski definition) is 3. The highest BCUT2D eigenvalue weighted by Gasteiger charge is 2.09. The third-order valence-corrected chi connectivity index (χ3v) is 2.64. The first-order valence-electron chi connectivity index (χ1n) is 4.78. The highest BCUT2D eigenvalue weighted by atomic mass is 35.5. The Balaban J connectivity index is 2.41. The number of anilines is 2. The Labute approximate surface area is 108 Å². The van der Waals surface area contributed by atoms with E-state index in [1.165, 1.54) is 12.3 Å². The van der Waals surface area contributed by atoms with E-state index in [0.29, 0.717) is 5.69 Å². The molecule has 0 amide bonds. The summed E-state index contributed by atoms with van der Waals surface area (Å²) in [6.45, 7) is 1.78. The van der Waals surface area contributed by atoms with Crippen LogP contribution in [0.25, 0.3) is 0 Å². The van der Waals surface area contributed by atoms with Crippen molar-refractivity contribution in [3.63, 3.8) is 0 Å². The number of rotatable bonds is 2. The molecular weight excluding hydrogens is 264 g/mol. The Hall–Kier alpha value is -1.39. The lowest BCUT2D eigenvalue weighted by molar-refractivity contribution is 0.631. The number of nitrogens with one attached hydrogen (secondary N) is 1. The van der Waals surface area contributed by atoms with Crippen molar-refractivity contribution in [3.8, 4) is 0 Å².